The van der Waals surface area contributed by atoms with Crippen molar-refractivity contribution in [1.29, 1.82) is 0 Å². The number of hydrogen-bond acceptors (Lipinski definition) is 4. The molecule has 7 nitrogen and oxygen atoms in total. The second-order valence-corrected chi connectivity index (χ2v) is 3.55. The topological polar surface area (TPSA) is 102 Å². The first-order chi connectivity index (χ1) is 8.22. The van der Waals surface area contributed by atoms with E-state index in [0.717, 1.165) is 5.56 Å². The Bertz CT molecular complexity index is 501. The second kappa shape index (κ2) is 4.69. The van der Waals surface area contributed by atoms with E-state index in [1.807, 2.05) is 6.92 Å². The third-order valence-electron chi connectivity index (χ3n) is 2.39. The van der Waals surface area contributed by atoms with Crippen LogP contribution in [0.15, 0.2) is 18.6 Å². The van der Waals surface area contributed by atoms with Crippen molar-refractivity contribution in [2.75, 3.05) is 5.73 Å². The highest BCUT2D eigenvalue weighted by Crippen LogP contribution is 2.10. The van der Waals surface area contributed by atoms with Crippen LogP contribution in [0.3, 0.4) is 0 Å². The summed E-state index contributed by atoms with van der Waals surface area (Å²) in [7, 11) is 0. The van der Waals surface area contributed by atoms with E-state index in [4.69, 9.17) is 5.73 Å². The van der Waals surface area contributed by atoms with Gasteiger partial charge in [-0.25, -0.2) is 0 Å². The molecular formula is C10H14N6O. The lowest BCUT2D eigenvalue weighted by molar-refractivity contribution is 0.0941. The number of aryl methyl sites for hydroxylation is 1. The van der Waals surface area contributed by atoms with Gasteiger partial charge < -0.3 is 11.1 Å². The first-order valence-corrected chi connectivity index (χ1v) is 5.29. The predicted octanol–water partition coefficient (Wildman–Crippen LogP) is 0.138. The second-order valence-electron chi connectivity index (χ2n) is 3.55. The summed E-state index contributed by atoms with van der Waals surface area (Å²) in [6, 6.07) is 0. The highest BCUT2D eigenvalue weighted by atomic mass is 16.2. The normalized spacial score (nSPS) is 10.4. The van der Waals surface area contributed by atoms with Crippen LogP contribution < -0.4 is 11.1 Å². The van der Waals surface area contributed by atoms with E-state index in [2.05, 4.69) is 20.6 Å². The average molecular weight is 234 g/mol. The Balaban J connectivity index is 2.06. The van der Waals surface area contributed by atoms with E-state index in [1.54, 1.807) is 17.1 Å². The fourth-order valence-electron chi connectivity index (χ4n) is 1.53. The zero-order valence-electron chi connectivity index (χ0n) is 9.47. The zero-order valence-corrected chi connectivity index (χ0v) is 9.47. The van der Waals surface area contributed by atoms with Crippen molar-refractivity contribution < 1.29 is 4.79 Å². The lowest BCUT2D eigenvalue weighted by atomic mass is 10.3. The summed E-state index contributed by atoms with van der Waals surface area (Å²) in [4.78, 5) is 11.9. The Hall–Kier alpha value is -2.31. The number of amides is 1. The van der Waals surface area contributed by atoms with Crippen molar-refractivity contribution >= 4 is 11.6 Å². The van der Waals surface area contributed by atoms with Crippen molar-refractivity contribution in [3.05, 3.63) is 29.8 Å². The molecule has 0 atom stereocenters. The van der Waals surface area contributed by atoms with Gasteiger partial charge >= 0.3 is 0 Å². The summed E-state index contributed by atoms with van der Waals surface area (Å²) in [6.45, 7) is 2.91. The smallest absolute Gasteiger partial charge is 0.271 e. The first kappa shape index (κ1) is 11.2. The summed E-state index contributed by atoms with van der Waals surface area (Å²) < 4.78 is 1.57. The van der Waals surface area contributed by atoms with Crippen molar-refractivity contribution in [3.8, 4) is 0 Å². The van der Waals surface area contributed by atoms with Gasteiger partial charge in [0.1, 0.15) is 5.69 Å². The van der Waals surface area contributed by atoms with Gasteiger partial charge in [-0.2, -0.15) is 10.2 Å². The number of nitrogens with one attached hydrogen (secondary N) is 2. The van der Waals surface area contributed by atoms with Gasteiger partial charge in [0.25, 0.3) is 5.91 Å². The third-order valence-corrected chi connectivity index (χ3v) is 2.39. The molecule has 2 aromatic rings. The first-order valence-electron chi connectivity index (χ1n) is 5.29. The van der Waals surface area contributed by atoms with Crippen LogP contribution in [0, 0.1) is 0 Å². The molecule has 0 bridgehead atoms. The fraction of sp³-hybridized carbons (Fsp3) is 0.300. The lowest BCUT2D eigenvalue weighted by Crippen LogP contribution is -2.26. The van der Waals surface area contributed by atoms with E-state index >= 15 is 0 Å². The molecule has 0 radical (unpaired) electrons. The molecule has 90 valence electrons. The molecule has 2 heterocycles. The van der Waals surface area contributed by atoms with E-state index in [0.29, 0.717) is 24.5 Å². The van der Waals surface area contributed by atoms with Gasteiger partial charge in [-0.05, 0) is 6.92 Å². The molecule has 0 unspecified atom stereocenters. The number of aromatic amines is 1. The highest BCUT2D eigenvalue weighted by molar-refractivity contribution is 5.97. The minimum atomic E-state index is -0.233. The molecule has 0 saturated heterocycles. The Morgan fingerprint density at radius 2 is 2.41 bits per heavy atom. The number of rotatable bonds is 4. The summed E-state index contributed by atoms with van der Waals surface area (Å²) in [5.41, 5.74) is 7.39. The number of hydrogen-bond donors (Lipinski definition) is 3. The van der Waals surface area contributed by atoms with Crippen LogP contribution in [-0.4, -0.2) is 25.9 Å². The Kier molecular flexibility index (Phi) is 3.08. The molecule has 0 fully saturated rings. The molecule has 0 aliphatic carbocycles. The maximum absolute atomic E-state index is 11.9. The molecule has 2 rings (SSSR count). The van der Waals surface area contributed by atoms with Crippen LogP contribution in [0.25, 0.3) is 0 Å². The monoisotopic (exact) mass is 234 g/mol. The van der Waals surface area contributed by atoms with E-state index in [1.165, 1.54) is 6.20 Å². The molecular weight excluding hydrogens is 220 g/mol. The van der Waals surface area contributed by atoms with E-state index < -0.39 is 0 Å². The van der Waals surface area contributed by atoms with Crippen LogP contribution in [0.5, 0.6) is 0 Å². The number of anilines is 1. The molecule has 0 spiro atoms. The van der Waals surface area contributed by atoms with Gasteiger partial charge in [0.2, 0.25) is 0 Å². The zero-order chi connectivity index (χ0) is 12.3. The lowest BCUT2D eigenvalue weighted by Gasteiger charge is -2.06. The summed E-state index contributed by atoms with van der Waals surface area (Å²) in [5.74, 6) is -0.233. The number of nitrogen functional groups attached to an aromatic ring is 1. The van der Waals surface area contributed by atoms with Gasteiger partial charge in [-0.15, -0.1) is 0 Å². The van der Waals surface area contributed by atoms with Gasteiger partial charge in [0, 0.05) is 24.8 Å². The van der Waals surface area contributed by atoms with Crippen LogP contribution in [0.1, 0.15) is 23.0 Å². The minimum absolute atomic E-state index is 0.233. The Morgan fingerprint density at radius 1 is 1.59 bits per heavy atom. The quantitative estimate of drug-likeness (QED) is 0.700. The Labute approximate surface area is 98.0 Å². The molecule has 7 heteroatoms. The van der Waals surface area contributed by atoms with Crippen LogP contribution in [0.4, 0.5) is 5.69 Å². The standard InChI is InChI=1S/C10H14N6O/c1-2-16-9(8(11)6-15-16)10(17)12-3-7-4-13-14-5-7/h4-6H,2-3,11H2,1H3,(H,12,17)(H,13,14). The molecule has 1 amide bonds. The molecule has 2 aromatic heterocycles. The van der Waals surface area contributed by atoms with Gasteiger partial charge in [0.15, 0.2) is 0 Å². The van der Waals surface area contributed by atoms with E-state index in [-0.39, 0.29) is 5.91 Å². The van der Waals surface area contributed by atoms with Crippen molar-refractivity contribution in [1.82, 2.24) is 25.3 Å². The minimum Gasteiger partial charge on any atom is -0.396 e. The third kappa shape index (κ3) is 2.27. The fourth-order valence-corrected chi connectivity index (χ4v) is 1.53. The number of nitrogens with zero attached hydrogens (tertiary/aromatic N) is 3. The maximum atomic E-state index is 11.9. The average Bonchev–Trinajstić information content (AvgIpc) is 2.94. The highest BCUT2D eigenvalue weighted by Gasteiger charge is 2.15. The van der Waals surface area contributed by atoms with Crippen molar-refractivity contribution in [2.24, 2.45) is 0 Å². The number of nitrogens with two attached hydrogens (primary N) is 1. The molecule has 0 aliphatic rings. The van der Waals surface area contributed by atoms with Gasteiger partial charge in [0.05, 0.1) is 18.1 Å². The maximum Gasteiger partial charge on any atom is 0.271 e. The van der Waals surface area contributed by atoms with Gasteiger partial charge in [-0.3, -0.25) is 14.6 Å². The summed E-state index contributed by atoms with van der Waals surface area (Å²) in [6.07, 6.45) is 4.86. The SMILES string of the molecule is CCn1ncc(N)c1C(=O)NCc1cn[nH]c1. The Morgan fingerprint density at radius 3 is 3.06 bits per heavy atom. The van der Waals surface area contributed by atoms with E-state index in [9.17, 15) is 4.79 Å². The van der Waals surface area contributed by atoms with Crippen LogP contribution >= 0.6 is 0 Å². The van der Waals surface area contributed by atoms with Gasteiger partial charge in [-0.1, -0.05) is 0 Å². The van der Waals surface area contributed by atoms with Crippen molar-refractivity contribution in [2.45, 2.75) is 20.0 Å². The molecule has 17 heavy (non-hydrogen) atoms. The summed E-state index contributed by atoms with van der Waals surface area (Å²) >= 11 is 0. The van der Waals surface area contributed by atoms with Crippen LogP contribution in [-0.2, 0) is 13.1 Å². The van der Waals surface area contributed by atoms with Crippen molar-refractivity contribution in [3.63, 3.8) is 0 Å². The molecule has 0 aliphatic heterocycles. The molecule has 0 saturated carbocycles. The van der Waals surface area contributed by atoms with Crippen LogP contribution in [0.2, 0.25) is 0 Å². The molecule has 4 N–H and O–H groups in total. The largest absolute Gasteiger partial charge is 0.396 e. The number of carbonyl (C=O) groups is 1. The number of H-pyrrole nitrogens is 1. The predicted molar refractivity (Wildman–Crippen MR) is 62.1 cm³/mol. The number of aromatic nitrogens is 4. The number of carbonyl (C=O) groups excluding carboxylic acids is 1. The molecule has 0 aromatic carbocycles. The summed E-state index contributed by atoms with van der Waals surface area (Å²) in [5, 5.41) is 13.3.